The second-order valence-electron chi connectivity index (χ2n) is 7.71. The summed E-state index contributed by atoms with van der Waals surface area (Å²) >= 11 is 2.48. The average Bonchev–Trinajstić information content (AvgIpc) is 3.22. The van der Waals surface area contributed by atoms with Gasteiger partial charge in [0.15, 0.2) is 5.16 Å². The lowest BCUT2D eigenvalue weighted by Crippen LogP contribution is -2.23. The largest absolute Gasteiger partial charge is 0.325 e. The number of amides is 1. The Morgan fingerprint density at radius 3 is 2.62 bits per heavy atom. The molecule has 0 spiro atoms. The van der Waals surface area contributed by atoms with Gasteiger partial charge in [0.25, 0.3) is 5.56 Å². The SMILES string of the molecule is Cc1cc(F)ccc1-n1c(SCC(=O)Nc2ccc(C(C)C)cc2)nc2ccsc2c1=O. The number of nitrogens with zero attached hydrogens (tertiary/aromatic N) is 2. The van der Waals surface area contributed by atoms with Crippen LogP contribution in [0, 0.1) is 12.7 Å². The maximum atomic E-state index is 13.6. The molecule has 8 heteroatoms. The zero-order chi connectivity index (χ0) is 22.8. The lowest BCUT2D eigenvalue weighted by molar-refractivity contribution is -0.113. The van der Waals surface area contributed by atoms with E-state index in [0.717, 1.165) is 0 Å². The smallest absolute Gasteiger partial charge is 0.276 e. The van der Waals surface area contributed by atoms with Gasteiger partial charge in [0.2, 0.25) is 5.91 Å². The van der Waals surface area contributed by atoms with E-state index in [-0.39, 0.29) is 23.0 Å². The zero-order valence-electron chi connectivity index (χ0n) is 17.9. The van der Waals surface area contributed by atoms with Crippen molar-refractivity contribution in [3.63, 3.8) is 0 Å². The van der Waals surface area contributed by atoms with E-state index in [9.17, 15) is 14.0 Å². The number of halogens is 1. The highest BCUT2D eigenvalue weighted by atomic mass is 32.2. The predicted molar refractivity (Wildman–Crippen MR) is 130 cm³/mol. The third-order valence-corrected chi connectivity index (χ3v) is 6.87. The number of hydrogen-bond acceptors (Lipinski definition) is 5. The summed E-state index contributed by atoms with van der Waals surface area (Å²) in [4.78, 5) is 30.4. The lowest BCUT2D eigenvalue weighted by Gasteiger charge is -2.14. The fourth-order valence-corrected chi connectivity index (χ4v) is 4.91. The maximum Gasteiger partial charge on any atom is 0.276 e. The summed E-state index contributed by atoms with van der Waals surface area (Å²) in [5, 5.41) is 5.08. The molecule has 2 aromatic carbocycles. The minimum absolute atomic E-state index is 0.0776. The molecule has 0 aliphatic heterocycles. The fourth-order valence-electron chi connectivity index (χ4n) is 3.35. The van der Waals surface area contributed by atoms with Crippen LogP contribution in [-0.2, 0) is 4.79 Å². The molecule has 0 saturated heterocycles. The van der Waals surface area contributed by atoms with Crippen LogP contribution in [0.4, 0.5) is 10.1 Å². The number of thioether (sulfide) groups is 1. The Balaban J connectivity index is 1.61. The first-order valence-corrected chi connectivity index (χ1v) is 12.0. The van der Waals surface area contributed by atoms with Crippen LogP contribution in [0.5, 0.6) is 0 Å². The first-order valence-electron chi connectivity index (χ1n) is 10.1. The Bertz CT molecular complexity index is 1340. The van der Waals surface area contributed by atoms with Crippen molar-refractivity contribution in [3.05, 3.63) is 81.2 Å². The van der Waals surface area contributed by atoms with Gasteiger partial charge >= 0.3 is 0 Å². The van der Waals surface area contributed by atoms with Gasteiger partial charge in [-0.2, -0.15) is 0 Å². The normalized spacial score (nSPS) is 11.3. The van der Waals surface area contributed by atoms with E-state index >= 15 is 0 Å². The van der Waals surface area contributed by atoms with Gasteiger partial charge in [-0.1, -0.05) is 37.7 Å². The van der Waals surface area contributed by atoms with E-state index in [1.165, 1.54) is 45.4 Å². The molecule has 1 amide bonds. The molecule has 0 radical (unpaired) electrons. The number of aromatic nitrogens is 2. The van der Waals surface area contributed by atoms with E-state index in [0.29, 0.717) is 38.2 Å². The third-order valence-electron chi connectivity index (χ3n) is 5.04. The molecule has 0 aliphatic rings. The maximum absolute atomic E-state index is 13.6. The lowest BCUT2D eigenvalue weighted by atomic mass is 10.0. The summed E-state index contributed by atoms with van der Waals surface area (Å²) in [5.74, 6) is -0.0789. The quantitative estimate of drug-likeness (QED) is 0.290. The minimum Gasteiger partial charge on any atom is -0.325 e. The summed E-state index contributed by atoms with van der Waals surface area (Å²) in [6.07, 6.45) is 0. The summed E-state index contributed by atoms with van der Waals surface area (Å²) in [5.41, 5.74) is 3.43. The van der Waals surface area contributed by atoms with Crippen LogP contribution in [-0.4, -0.2) is 21.2 Å². The summed E-state index contributed by atoms with van der Waals surface area (Å²) in [6.45, 7) is 5.97. The molecular weight excluding hydrogens is 445 g/mol. The van der Waals surface area contributed by atoms with E-state index in [2.05, 4.69) is 24.1 Å². The fraction of sp³-hybridized carbons (Fsp3) is 0.208. The highest BCUT2D eigenvalue weighted by molar-refractivity contribution is 7.99. The van der Waals surface area contributed by atoms with Crippen LogP contribution in [0.15, 0.2) is 63.9 Å². The van der Waals surface area contributed by atoms with Gasteiger partial charge in [-0.15, -0.1) is 11.3 Å². The summed E-state index contributed by atoms with van der Waals surface area (Å²) in [6, 6.07) is 13.8. The second kappa shape index (κ2) is 9.26. The van der Waals surface area contributed by atoms with Crippen molar-refractivity contribution in [1.82, 2.24) is 9.55 Å². The van der Waals surface area contributed by atoms with Crippen molar-refractivity contribution in [2.75, 3.05) is 11.1 Å². The number of benzene rings is 2. The molecule has 2 aromatic heterocycles. The van der Waals surface area contributed by atoms with Gasteiger partial charge in [-0.25, -0.2) is 9.37 Å². The van der Waals surface area contributed by atoms with Crippen LogP contribution >= 0.6 is 23.1 Å². The van der Waals surface area contributed by atoms with Crippen LogP contribution < -0.4 is 10.9 Å². The van der Waals surface area contributed by atoms with Crippen molar-refractivity contribution >= 4 is 44.9 Å². The molecule has 0 fully saturated rings. The molecule has 164 valence electrons. The molecule has 2 heterocycles. The molecule has 0 atom stereocenters. The van der Waals surface area contributed by atoms with E-state index in [1.54, 1.807) is 19.1 Å². The van der Waals surface area contributed by atoms with Gasteiger partial charge in [-0.05, 0) is 65.7 Å². The number of fused-ring (bicyclic) bond motifs is 1. The number of rotatable bonds is 6. The van der Waals surface area contributed by atoms with Crippen molar-refractivity contribution in [2.45, 2.75) is 31.8 Å². The number of carbonyl (C=O) groups is 1. The van der Waals surface area contributed by atoms with Gasteiger partial charge in [0.05, 0.1) is 17.0 Å². The van der Waals surface area contributed by atoms with Crippen molar-refractivity contribution < 1.29 is 9.18 Å². The number of aryl methyl sites for hydroxylation is 1. The molecule has 0 bridgehead atoms. The first kappa shape index (κ1) is 22.2. The van der Waals surface area contributed by atoms with Crippen LogP contribution in [0.3, 0.4) is 0 Å². The third kappa shape index (κ3) is 4.61. The Kier molecular flexibility index (Phi) is 6.43. The number of anilines is 1. The molecule has 0 saturated carbocycles. The molecule has 32 heavy (non-hydrogen) atoms. The molecule has 0 aliphatic carbocycles. The topological polar surface area (TPSA) is 64.0 Å². The van der Waals surface area contributed by atoms with E-state index < -0.39 is 0 Å². The van der Waals surface area contributed by atoms with Crippen molar-refractivity contribution in [1.29, 1.82) is 0 Å². The Hall–Kier alpha value is -2.97. The zero-order valence-corrected chi connectivity index (χ0v) is 19.5. The summed E-state index contributed by atoms with van der Waals surface area (Å²) in [7, 11) is 0. The molecule has 5 nitrogen and oxygen atoms in total. The highest BCUT2D eigenvalue weighted by Crippen LogP contribution is 2.26. The average molecular weight is 468 g/mol. The van der Waals surface area contributed by atoms with Gasteiger partial charge in [-0.3, -0.25) is 14.2 Å². The van der Waals surface area contributed by atoms with Crippen molar-refractivity contribution in [2.24, 2.45) is 0 Å². The molecule has 4 aromatic rings. The molecular formula is C24H22FN3O2S2. The minimum atomic E-state index is -0.374. The van der Waals surface area contributed by atoms with Gasteiger partial charge in [0.1, 0.15) is 10.5 Å². The Morgan fingerprint density at radius 2 is 1.94 bits per heavy atom. The predicted octanol–water partition coefficient (Wildman–Crippen LogP) is 5.75. The van der Waals surface area contributed by atoms with Crippen LogP contribution in [0.1, 0.15) is 30.9 Å². The number of hydrogen-bond donors (Lipinski definition) is 1. The van der Waals surface area contributed by atoms with Crippen molar-refractivity contribution in [3.8, 4) is 5.69 Å². The highest BCUT2D eigenvalue weighted by Gasteiger charge is 2.17. The standard InChI is InChI=1S/C24H22FN3O2S2/c1-14(2)16-4-7-18(8-5-16)26-21(29)13-32-24-27-19-10-11-31-22(19)23(30)28(24)20-9-6-17(25)12-15(20)3/h4-12,14H,13H2,1-3H3,(H,26,29). The van der Waals surface area contributed by atoms with E-state index in [4.69, 9.17) is 0 Å². The number of carbonyl (C=O) groups excluding carboxylic acids is 1. The first-order chi connectivity index (χ1) is 15.3. The van der Waals surface area contributed by atoms with E-state index in [1.807, 2.05) is 29.6 Å². The number of thiophene rings is 1. The summed E-state index contributed by atoms with van der Waals surface area (Å²) < 4.78 is 15.6. The van der Waals surface area contributed by atoms with Crippen LogP contribution in [0.2, 0.25) is 0 Å². The van der Waals surface area contributed by atoms with Crippen LogP contribution in [0.25, 0.3) is 15.9 Å². The monoisotopic (exact) mass is 467 g/mol. The van der Waals surface area contributed by atoms with Gasteiger partial charge in [0, 0.05) is 5.69 Å². The molecule has 0 unspecified atom stereocenters. The Labute approximate surface area is 193 Å². The molecule has 4 rings (SSSR count). The van der Waals surface area contributed by atoms with Gasteiger partial charge < -0.3 is 5.32 Å². The molecule has 1 N–H and O–H groups in total. The second-order valence-corrected chi connectivity index (χ2v) is 9.57. The number of nitrogens with one attached hydrogen (secondary N) is 1. The Morgan fingerprint density at radius 1 is 1.19 bits per heavy atom.